The molecule has 1 aromatic rings. The van der Waals surface area contributed by atoms with Crippen LogP contribution in [0.3, 0.4) is 0 Å². The van der Waals surface area contributed by atoms with Crippen molar-refractivity contribution in [2.75, 3.05) is 0 Å². The minimum Gasteiger partial charge on any atom is -0.477 e. The SMILES string of the molecule is N#C/C(=C\c1ccc2c(c1)OOC2)C(=O)O. The van der Waals surface area contributed by atoms with Gasteiger partial charge in [-0.15, -0.1) is 0 Å². The predicted octanol–water partition coefficient (Wildman–Crippen LogP) is 1.50. The number of fused-ring (bicyclic) bond motifs is 1. The van der Waals surface area contributed by atoms with Crippen molar-refractivity contribution >= 4 is 12.0 Å². The summed E-state index contributed by atoms with van der Waals surface area (Å²) in [6.45, 7) is 0.378. The van der Waals surface area contributed by atoms with Crippen LogP contribution in [0.4, 0.5) is 0 Å². The molecule has 16 heavy (non-hydrogen) atoms. The maximum absolute atomic E-state index is 10.6. The molecule has 0 fully saturated rings. The summed E-state index contributed by atoms with van der Waals surface area (Å²) in [4.78, 5) is 20.2. The van der Waals surface area contributed by atoms with E-state index in [4.69, 9.17) is 20.1 Å². The monoisotopic (exact) mass is 217 g/mol. The Morgan fingerprint density at radius 2 is 2.38 bits per heavy atom. The number of hydrogen-bond donors (Lipinski definition) is 1. The molecule has 0 spiro atoms. The minimum atomic E-state index is -1.25. The molecule has 1 heterocycles. The summed E-state index contributed by atoms with van der Waals surface area (Å²) in [6, 6.07) is 6.71. The fourth-order valence-corrected chi connectivity index (χ4v) is 1.32. The van der Waals surface area contributed by atoms with Crippen LogP contribution in [-0.2, 0) is 16.3 Å². The van der Waals surface area contributed by atoms with Crippen molar-refractivity contribution in [2.45, 2.75) is 6.61 Å². The van der Waals surface area contributed by atoms with Crippen molar-refractivity contribution in [1.82, 2.24) is 0 Å². The molecule has 0 atom stereocenters. The molecule has 0 saturated heterocycles. The number of nitrogens with zero attached hydrogens (tertiary/aromatic N) is 1. The van der Waals surface area contributed by atoms with Gasteiger partial charge in [-0.3, -0.25) is 0 Å². The van der Waals surface area contributed by atoms with E-state index in [1.54, 1.807) is 24.3 Å². The smallest absolute Gasteiger partial charge is 0.346 e. The van der Waals surface area contributed by atoms with Gasteiger partial charge in [-0.05, 0) is 17.7 Å². The molecular formula is C11H7NO4. The van der Waals surface area contributed by atoms with Gasteiger partial charge in [-0.1, -0.05) is 12.1 Å². The van der Waals surface area contributed by atoms with Crippen LogP contribution >= 0.6 is 0 Å². The Balaban J connectivity index is 2.36. The van der Waals surface area contributed by atoms with Gasteiger partial charge in [0.25, 0.3) is 0 Å². The Bertz CT molecular complexity index is 513. The van der Waals surface area contributed by atoms with E-state index in [1.807, 2.05) is 0 Å². The first-order chi connectivity index (χ1) is 7.70. The number of carboxylic acids is 1. The zero-order valence-electron chi connectivity index (χ0n) is 8.14. The van der Waals surface area contributed by atoms with Gasteiger partial charge in [0.2, 0.25) is 0 Å². The maximum Gasteiger partial charge on any atom is 0.346 e. The normalized spacial score (nSPS) is 13.8. The molecule has 0 radical (unpaired) electrons. The molecule has 2 rings (SSSR count). The average Bonchev–Trinajstić information content (AvgIpc) is 2.72. The Labute approximate surface area is 91.1 Å². The highest BCUT2D eigenvalue weighted by atomic mass is 17.2. The van der Waals surface area contributed by atoms with E-state index in [1.165, 1.54) is 6.08 Å². The van der Waals surface area contributed by atoms with Gasteiger partial charge in [0, 0.05) is 5.56 Å². The van der Waals surface area contributed by atoms with Crippen LogP contribution in [-0.4, -0.2) is 11.1 Å². The third kappa shape index (κ3) is 1.87. The van der Waals surface area contributed by atoms with Gasteiger partial charge in [-0.25, -0.2) is 4.79 Å². The standard InChI is InChI=1S/C11H7NO4/c12-5-9(11(13)14)3-7-1-2-8-6-15-16-10(8)4-7/h1-4H,6H2,(H,13,14)/b9-3+. The number of aliphatic carboxylic acids is 1. The molecule has 0 aromatic heterocycles. The fraction of sp³-hybridized carbons (Fsp3) is 0.0909. The van der Waals surface area contributed by atoms with E-state index in [0.717, 1.165) is 5.56 Å². The molecule has 0 aliphatic carbocycles. The summed E-state index contributed by atoms with van der Waals surface area (Å²) >= 11 is 0. The first-order valence-electron chi connectivity index (χ1n) is 4.48. The Morgan fingerprint density at radius 3 is 3.06 bits per heavy atom. The number of hydrogen-bond acceptors (Lipinski definition) is 4. The summed E-state index contributed by atoms with van der Waals surface area (Å²) in [6.07, 6.45) is 1.28. The zero-order valence-corrected chi connectivity index (χ0v) is 8.14. The van der Waals surface area contributed by atoms with Crippen LogP contribution in [0.15, 0.2) is 23.8 Å². The van der Waals surface area contributed by atoms with Crippen LogP contribution in [0.1, 0.15) is 11.1 Å². The molecular weight excluding hydrogens is 210 g/mol. The number of benzene rings is 1. The Kier molecular flexibility index (Phi) is 2.58. The van der Waals surface area contributed by atoms with Crippen molar-refractivity contribution in [3.05, 3.63) is 34.9 Å². The zero-order chi connectivity index (χ0) is 11.5. The topological polar surface area (TPSA) is 79.5 Å². The van der Waals surface area contributed by atoms with Gasteiger partial charge in [0.1, 0.15) is 18.2 Å². The van der Waals surface area contributed by atoms with Crippen molar-refractivity contribution in [1.29, 1.82) is 5.26 Å². The molecule has 1 N–H and O–H groups in total. The van der Waals surface area contributed by atoms with Gasteiger partial charge >= 0.3 is 5.97 Å². The van der Waals surface area contributed by atoms with Gasteiger partial charge in [-0.2, -0.15) is 10.1 Å². The lowest BCUT2D eigenvalue weighted by atomic mass is 10.1. The number of nitriles is 1. The molecule has 5 nitrogen and oxygen atoms in total. The molecule has 5 heteroatoms. The highest BCUT2D eigenvalue weighted by Crippen LogP contribution is 2.27. The van der Waals surface area contributed by atoms with Crippen LogP contribution in [0.25, 0.3) is 6.08 Å². The van der Waals surface area contributed by atoms with Crippen LogP contribution in [0, 0.1) is 11.3 Å². The van der Waals surface area contributed by atoms with Crippen molar-refractivity contribution in [3.8, 4) is 11.8 Å². The lowest BCUT2D eigenvalue weighted by Gasteiger charge is -1.97. The molecule has 1 aliphatic rings. The predicted molar refractivity (Wildman–Crippen MR) is 53.1 cm³/mol. The molecule has 0 unspecified atom stereocenters. The van der Waals surface area contributed by atoms with Gasteiger partial charge < -0.3 is 9.99 Å². The van der Waals surface area contributed by atoms with Crippen LogP contribution < -0.4 is 4.89 Å². The van der Waals surface area contributed by atoms with Gasteiger partial charge in [0.05, 0.1) is 0 Å². The number of carbonyl (C=O) groups is 1. The third-order valence-electron chi connectivity index (χ3n) is 2.12. The molecule has 80 valence electrons. The second-order valence-corrected chi connectivity index (χ2v) is 3.19. The molecule has 0 amide bonds. The molecule has 1 aromatic carbocycles. The van der Waals surface area contributed by atoms with Crippen LogP contribution in [0.2, 0.25) is 0 Å². The summed E-state index contributed by atoms with van der Waals surface area (Å²) in [5.41, 5.74) is 1.16. The van der Waals surface area contributed by atoms with Crippen molar-refractivity contribution in [3.63, 3.8) is 0 Å². The van der Waals surface area contributed by atoms with Gasteiger partial charge in [0.15, 0.2) is 5.75 Å². The van der Waals surface area contributed by atoms with Crippen LogP contribution in [0.5, 0.6) is 5.75 Å². The third-order valence-corrected chi connectivity index (χ3v) is 2.12. The first-order valence-corrected chi connectivity index (χ1v) is 4.48. The van der Waals surface area contributed by atoms with E-state index >= 15 is 0 Å². The first kappa shape index (κ1) is 10.2. The quantitative estimate of drug-likeness (QED) is 0.461. The highest BCUT2D eigenvalue weighted by Gasteiger charge is 2.14. The maximum atomic E-state index is 10.6. The Hall–Kier alpha value is -2.32. The second-order valence-electron chi connectivity index (χ2n) is 3.19. The molecule has 0 saturated carbocycles. The van der Waals surface area contributed by atoms with Crippen molar-refractivity contribution in [2.24, 2.45) is 0 Å². The molecule has 1 aliphatic heterocycles. The highest BCUT2D eigenvalue weighted by molar-refractivity contribution is 5.96. The second kappa shape index (κ2) is 4.04. The van der Waals surface area contributed by atoms with E-state index in [-0.39, 0.29) is 5.57 Å². The Morgan fingerprint density at radius 1 is 1.56 bits per heavy atom. The van der Waals surface area contributed by atoms with E-state index in [2.05, 4.69) is 0 Å². The summed E-state index contributed by atoms with van der Waals surface area (Å²) in [7, 11) is 0. The molecule has 0 bridgehead atoms. The largest absolute Gasteiger partial charge is 0.477 e. The van der Waals surface area contributed by atoms with E-state index < -0.39 is 5.97 Å². The average molecular weight is 217 g/mol. The number of carboxylic acid groups (broad SMARTS) is 1. The lowest BCUT2D eigenvalue weighted by Crippen LogP contribution is -1.97. The number of rotatable bonds is 2. The van der Waals surface area contributed by atoms with E-state index in [0.29, 0.717) is 17.9 Å². The minimum absolute atomic E-state index is 0.320. The lowest BCUT2D eigenvalue weighted by molar-refractivity contribution is -0.194. The fourth-order valence-electron chi connectivity index (χ4n) is 1.32. The summed E-state index contributed by atoms with van der Waals surface area (Å²) < 4.78 is 0. The summed E-state index contributed by atoms with van der Waals surface area (Å²) in [5.74, 6) is -0.698. The van der Waals surface area contributed by atoms with E-state index in [9.17, 15) is 4.79 Å². The van der Waals surface area contributed by atoms with Crippen molar-refractivity contribution < 1.29 is 19.7 Å². The summed E-state index contributed by atoms with van der Waals surface area (Å²) in [5, 5.41) is 17.3.